The van der Waals surface area contributed by atoms with Crippen molar-refractivity contribution < 1.29 is 0 Å². The number of hydrogen-bond donors (Lipinski definition) is 1. The lowest BCUT2D eigenvalue weighted by Crippen LogP contribution is -2.12. The zero-order chi connectivity index (χ0) is 10.3. The lowest BCUT2D eigenvalue weighted by molar-refractivity contribution is 0.571. The van der Waals surface area contributed by atoms with Crippen LogP contribution < -0.4 is 0 Å². The summed E-state index contributed by atoms with van der Waals surface area (Å²) in [5.41, 5.74) is 2.61. The molecule has 0 aliphatic heterocycles. The van der Waals surface area contributed by atoms with E-state index in [-0.39, 0.29) is 5.41 Å². The number of H-pyrrole nitrogens is 1. The van der Waals surface area contributed by atoms with Gasteiger partial charge in [0.2, 0.25) is 0 Å². The van der Waals surface area contributed by atoms with Gasteiger partial charge in [-0.3, -0.25) is 0 Å². The van der Waals surface area contributed by atoms with Gasteiger partial charge in [0.1, 0.15) is 0 Å². The predicted molar refractivity (Wildman–Crippen MR) is 64.7 cm³/mol. The molecule has 1 aromatic carbocycles. The molecule has 0 bridgehead atoms. The molecule has 0 atom stereocenters. The fourth-order valence-electron chi connectivity index (χ4n) is 1.62. The van der Waals surface area contributed by atoms with Gasteiger partial charge in [-0.1, -0.05) is 39.0 Å². The number of hydrogen-bond acceptors (Lipinski definition) is 0. The average molecular weight is 252 g/mol. The first kappa shape index (κ1) is 9.78. The zero-order valence-electron chi connectivity index (χ0n) is 8.69. The van der Waals surface area contributed by atoms with E-state index in [1.807, 2.05) is 0 Å². The molecule has 0 amide bonds. The first-order valence-corrected chi connectivity index (χ1v) is 5.56. The highest BCUT2D eigenvalue weighted by Crippen LogP contribution is 2.34. The summed E-state index contributed by atoms with van der Waals surface area (Å²) in [4.78, 5) is 3.46. The van der Waals surface area contributed by atoms with Crippen LogP contribution in [0.4, 0.5) is 0 Å². The van der Waals surface area contributed by atoms with E-state index in [0.717, 1.165) is 0 Å². The molecule has 2 heteroatoms. The molecule has 0 saturated heterocycles. The number of rotatable bonds is 0. The van der Waals surface area contributed by atoms with Crippen LogP contribution >= 0.6 is 15.9 Å². The summed E-state index contributed by atoms with van der Waals surface area (Å²) in [5, 5.41) is 1.26. The molecule has 0 saturated carbocycles. The van der Waals surface area contributed by atoms with Crippen LogP contribution in [-0.2, 0) is 5.41 Å². The SMILES string of the molecule is CC(C)(C)c1[nH]c2ccccc2c1Br. The summed E-state index contributed by atoms with van der Waals surface area (Å²) in [6.45, 7) is 6.63. The minimum atomic E-state index is 0.151. The standard InChI is InChI=1S/C12H14BrN/c1-12(2,3)11-10(13)8-6-4-5-7-9(8)14-11/h4-7,14H,1-3H3. The highest BCUT2D eigenvalue weighted by atomic mass is 79.9. The molecule has 14 heavy (non-hydrogen) atoms. The van der Waals surface area contributed by atoms with E-state index in [2.05, 4.69) is 66.0 Å². The molecule has 1 N–H and O–H groups in total. The van der Waals surface area contributed by atoms with Crippen molar-refractivity contribution in [3.05, 3.63) is 34.4 Å². The first-order valence-electron chi connectivity index (χ1n) is 4.77. The molecule has 0 spiro atoms. The molecule has 0 unspecified atom stereocenters. The van der Waals surface area contributed by atoms with E-state index in [9.17, 15) is 0 Å². The Hall–Kier alpha value is -0.760. The number of nitrogens with one attached hydrogen (secondary N) is 1. The maximum absolute atomic E-state index is 3.66. The van der Waals surface area contributed by atoms with Crippen molar-refractivity contribution in [3.8, 4) is 0 Å². The lowest BCUT2D eigenvalue weighted by atomic mass is 9.92. The van der Waals surface area contributed by atoms with Gasteiger partial charge in [-0.25, -0.2) is 0 Å². The normalized spacial score (nSPS) is 12.3. The zero-order valence-corrected chi connectivity index (χ0v) is 10.3. The molecular weight excluding hydrogens is 238 g/mol. The maximum atomic E-state index is 3.66. The van der Waals surface area contributed by atoms with Gasteiger partial charge >= 0.3 is 0 Å². The van der Waals surface area contributed by atoms with E-state index < -0.39 is 0 Å². The van der Waals surface area contributed by atoms with Crippen molar-refractivity contribution in [2.75, 3.05) is 0 Å². The smallest absolute Gasteiger partial charge is 0.0467 e. The minimum absolute atomic E-state index is 0.151. The van der Waals surface area contributed by atoms with Crippen LogP contribution in [-0.4, -0.2) is 4.98 Å². The van der Waals surface area contributed by atoms with E-state index in [1.165, 1.54) is 21.1 Å². The van der Waals surface area contributed by atoms with Gasteiger partial charge in [0.15, 0.2) is 0 Å². The molecular formula is C12H14BrN. The molecule has 0 aliphatic rings. The van der Waals surface area contributed by atoms with Crippen LogP contribution in [0.1, 0.15) is 26.5 Å². The Labute approximate surface area is 92.6 Å². The number of aromatic amines is 1. The number of benzene rings is 1. The number of fused-ring (bicyclic) bond motifs is 1. The Bertz CT molecular complexity index is 463. The summed E-state index contributed by atoms with van der Waals surface area (Å²) in [6, 6.07) is 8.35. The second kappa shape index (κ2) is 3.13. The summed E-state index contributed by atoms with van der Waals surface area (Å²) in [5.74, 6) is 0. The Kier molecular flexibility index (Phi) is 2.18. The summed E-state index contributed by atoms with van der Waals surface area (Å²) in [6.07, 6.45) is 0. The molecule has 1 heterocycles. The molecule has 2 rings (SSSR count). The van der Waals surface area contributed by atoms with E-state index in [0.29, 0.717) is 0 Å². The Morgan fingerprint density at radius 2 is 1.79 bits per heavy atom. The molecule has 2 aromatic rings. The van der Waals surface area contributed by atoms with Crippen molar-refractivity contribution in [3.63, 3.8) is 0 Å². The van der Waals surface area contributed by atoms with Gasteiger partial charge in [-0.05, 0) is 22.0 Å². The quantitative estimate of drug-likeness (QED) is 0.722. The van der Waals surface area contributed by atoms with Gasteiger partial charge in [-0.2, -0.15) is 0 Å². The first-order chi connectivity index (χ1) is 6.50. The number of halogens is 1. The molecule has 0 fully saturated rings. The van der Waals surface area contributed by atoms with E-state index in [4.69, 9.17) is 0 Å². The predicted octanol–water partition coefficient (Wildman–Crippen LogP) is 4.23. The Morgan fingerprint density at radius 3 is 2.36 bits per heavy atom. The summed E-state index contributed by atoms with van der Waals surface area (Å²) in [7, 11) is 0. The second-order valence-corrected chi connectivity index (χ2v) is 5.40. The Balaban J connectivity index is 2.75. The van der Waals surface area contributed by atoms with Crippen LogP contribution in [0.5, 0.6) is 0 Å². The van der Waals surface area contributed by atoms with Crippen LogP contribution in [0.2, 0.25) is 0 Å². The van der Waals surface area contributed by atoms with Crippen molar-refractivity contribution in [2.24, 2.45) is 0 Å². The number of para-hydroxylation sites is 1. The Morgan fingerprint density at radius 1 is 1.14 bits per heavy atom. The third-order valence-electron chi connectivity index (χ3n) is 2.39. The second-order valence-electron chi connectivity index (χ2n) is 4.61. The highest BCUT2D eigenvalue weighted by Gasteiger charge is 2.20. The molecule has 0 aliphatic carbocycles. The monoisotopic (exact) mass is 251 g/mol. The largest absolute Gasteiger partial charge is 0.357 e. The molecule has 74 valence electrons. The van der Waals surface area contributed by atoms with Gasteiger partial charge in [0.05, 0.1) is 0 Å². The van der Waals surface area contributed by atoms with Gasteiger partial charge in [0.25, 0.3) is 0 Å². The third-order valence-corrected chi connectivity index (χ3v) is 3.22. The molecule has 0 radical (unpaired) electrons. The van der Waals surface area contributed by atoms with Gasteiger partial charge in [-0.15, -0.1) is 0 Å². The van der Waals surface area contributed by atoms with E-state index >= 15 is 0 Å². The van der Waals surface area contributed by atoms with E-state index in [1.54, 1.807) is 0 Å². The minimum Gasteiger partial charge on any atom is -0.357 e. The molecule has 1 nitrogen and oxygen atoms in total. The molecule has 1 aromatic heterocycles. The van der Waals surface area contributed by atoms with Gasteiger partial charge in [0, 0.05) is 26.5 Å². The van der Waals surface area contributed by atoms with Crippen LogP contribution in [0.15, 0.2) is 28.7 Å². The lowest BCUT2D eigenvalue weighted by Gasteiger charge is -2.17. The van der Waals surface area contributed by atoms with Crippen molar-refractivity contribution >= 4 is 26.8 Å². The van der Waals surface area contributed by atoms with Crippen molar-refractivity contribution in [2.45, 2.75) is 26.2 Å². The highest BCUT2D eigenvalue weighted by molar-refractivity contribution is 9.10. The maximum Gasteiger partial charge on any atom is 0.0467 e. The van der Waals surface area contributed by atoms with Crippen LogP contribution in [0, 0.1) is 0 Å². The van der Waals surface area contributed by atoms with Crippen molar-refractivity contribution in [1.29, 1.82) is 0 Å². The number of aromatic nitrogens is 1. The fraction of sp³-hybridized carbons (Fsp3) is 0.333. The third kappa shape index (κ3) is 1.48. The summed E-state index contributed by atoms with van der Waals surface area (Å²) >= 11 is 3.66. The van der Waals surface area contributed by atoms with Crippen molar-refractivity contribution in [1.82, 2.24) is 4.98 Å². The topological polar surface area (TPSA) is 15.8 Å². The van der Waals surface area contributed by atoms with Crippen LogP contribution in [0.25, 0.3) is 10.9 Å². The fourth-order valence-corrected chi connectivity index (χ4v) is 2.66. The van der Waals surface area contributed by atoms with Crippen LogP contribution in [0.3, 0.4) is 0 Å². The van der Waals surface area contributed by atoms with Gasteiger partial charge < -0.3 is 4.98 Å². The summed E-state index contributed by atoms with van der Waals surface area (Å²) < 4.78 is 1.20. The average Bonchev–Trinajstić information content (AvgIpc) is 2.44.